The van der Waals surface area contributed by atoms with Crippen molar-refractivity contribution in [2.45, 2.75) is 32.6 Å². The average Bonchev–Trinajstić information content (AvgIpc) is 2.75. The van der Waals surface area contributed by atoms with Crippen molar-refractivity contribution in [3.05, 3.63) is 54.1 Å². The number of amides is 1. The van der Waals surface area contributed by atoms with Crippen LogP contribution in [0.3, 0.4) is 0 Å². The molecule has 0 saturated carbocycles. The van der Waals surface area contributed by atoms with Crippen LogP contribution in [0, 0.1) is 6.92 Å². The summed E-state index contributed by atoms with van der Waals surface area (Å²) >= 11 is 0. The van der Waals surface area contributed by atoms with Gasteiger partial charge >= 0.3 is 5.97 Å². The molecule has 1 N–H and O–H groups in total. The van der Waals surface area contributed by atoms with Crippen molar-refractivity contribution >= 4 is 23.3 Å². The number of anilines is 2. The molecule has 154 valence electrons. The second-order valence-corrected chi connectivity index (χ2v) is 7.17. The lowest BCUT2D eigenvalue weighted by Crippen LogP contribution is -2.29. The summed E-state index contributed by atoms with van der Waals surface area (Å²) < 4.78 is 10.6. The molecule has 0 atom stereocenters. The van der Waals surface area contributed by atoms with Gasteiger partial charge in [-0.1, -0.05) is 18.2 Å². The molecule has 1 heterocycles. The maximum Gasteiger partial charge on any atom is 0.309 e. The van der Waals surface area contributed by atoms with Crippen molar-refractivity contribution in [3.8, 4) is 5.75 Å². The molecule has 0 aromatic heterocycles. The topological polar surface area (TPSA) is 67.9 Å². The van der Waals surface area contributed by atoms with Gasteiger partial charge in [0.25, 0.3) is 5.91 Å². The maximum absolute atomic E-state index is 12.0. The normalized spacial score (nSPS) is 13.6. The van der Waals surface area contributed by atoms with E-state index in [0.29, 0.717) is 5.69 Å². The van der Waals surface area contributed by atoms with Crippen LogP contribution in [-0.4, -0.2) is 38.2 Å². The second-order valence-electron chi connectivity index (χ2n) is 7.17. The number of hydrogen-bond donors (Lipinski definition) is 1. The van der Waals surface area contributed by atoms with Crippen LogP contribution >= 0.6 is 0 Å². The number of carbonyl (C=O) groups excluding carboxylic acids is 2. The molecular formula is C23H28N2O4. The fraction of sp³-hybridized carbons (Fsp3) is 0.391. The van der Waals surface area contributed by atoms with Crippen molar-refractivity contribution in [3.63, 3.8) is 0 Å². The first kappa shape index (κ1) is 20.7. The number of piperidine rings is 1. The molecule has 1 aliphatic heterocycles. The molecule has 1 amide bonds. The van der Waals surface area contributed by atoms with E-state index >= 15 is 0 Å². The Balaban J connectivity index is 1.35. The maximum atomic E-state index is 12.0. The SMILES string of the molecule is Cc1ccccc1OCCC(=O)OCC(=O)Nc1ccc(N2CCCCC2)cc1. The third-order valence-corrected chi connectivity index (χ3v) is 4.89. The smallest absolute Gasteiger partial charge is 0.309 e. The number of rotatable bonds is 8. The molecule has 2 aromatic carbocycles. The van der Waals surface area contributed by atoms with Gasteiger partial charge in [-0.25, -0.2) is 0 Å². The van der Waals surface area contributed by atoms with Crippen molar-refractivity contribution in [2.75, 3.05) is 36.5 Å². The molecular weight excluding hydrogens is 368 g/mol. The highest BCUT2D eigenvalue weighted by Crippen LogP contribution is 2.21. The highest BCUT2D eigenvalue weighted by molar-refractivity contribution is 5.92. The molecule has 0 bridgehead atoms. The first-order valence-electron chi connectivity index (χ1n) is 10.1. The van der Waals surface area contributed by atoms with E-state index in [9.17, 15) is 9.59 Å². The number of aryl methyl sites for hydroxylation is 1. The summed E-state index contributed by atoms with van der Waals surface area (Å²) in [4.78, 5) is 26.2. The van der Waals surface area contributed by atoms with E-state index in [-0.39, 0.29) is 25.5 Å². The van der Waals surface area contributed by atoms with E-state index in [1.165, 1.54) is 24.9 Å². The van der Waals surface area contributed by atoms with Gasteiger partial charge in [-0.05, 0) is 62.1 Å². The van der Waals surface area contributed by atoms with Gasteiger partial charge in [0.05, 0.1) is 13.0 Å². The number of hydrogen-bond acceptors (Lipinski definition) is 5. The van der Waals surface area contributed by atoms with Crippen LogP contribution in [0.2, 0.25) is 0 Å². The number of benzene rings is 2. The molecule has 1 aliphatic rings. The quantitative estimate of drug-likeness (QED) is 0.685. The Bertz CT molecular complexity index is 814. The molecule has 1 saturated heterocycles. The number of para-hydroxylation sites is 1. The zero-order valence-electron chi connectivity index (χ0n) is 16.9. The highest BCUT2D eigenvalue weighted by atomic mass is 16.5. The third kappa shape index (κ3) is 6.52. The number of nitrogens with one attached hydrogen (secondary N) is 1. The van der Waals surface area contributed by atoms with Crippen molar-refractivity contribution in [2.24, 2.45) is 0 Å². The molecule has 6 heteroatoms. The first-order valence-corrected chi connectivity index (χ1v) is 10.1. The van der Waals surface area contributed by atoms with Crippen LogP contribution in [0.1, 0.15) is 31.2 Å². The summed E-state index contributed by atoms with van der Waals surface area (Å²) in [7, 11) is 0. The van der Waals surface area contributed by atoms with Crippen molar-refractivity contribution in [1.82, 2.24) is 0 Å². The standard InChI is InChI=1S/C23H28N2O4/c1-18-7-3-4-8-21(18)28-16-13-23(27)29-17-22(26)24-19-9-11-20(12-10-19)25-14-5-2-6-15-25/h3-4,7-12H,2,5-6,13-17H2,1H3,(H,24,26). The minimum Gasteiger partial charge on any atom is -0.493 e. The molecule has 0 unspecified atom stereocenters. The zero-order valence-corrected chi connectivity index (χ0v) is 16.9. The first-order chi connectivity index (χ1) is 14.1. The summed E-state index contributed by atoms with van der Waals surface area (Å²) in [5, 5.41) is 2.75. The fourth-order valence-electron chi connectivity index (χ4n) is 3.29. The third-order valence-electron chi connectivity index (χ3n) is 4.89. The van der Waals surface area contributed by atoms with E-state index in [2.05, 4.69) is 10.2 Å². The molecule has 6 nitrogen and oxygen atoms in total. The molecule has 0 radical (unpaired) electrons. The Morgan fingerprint density at radius 3 is 2.45 bits per heavy atom. The van der Waals surface area contributed by atoms with Gasteiger partial charge in [0, 0.05) is 24.5 Å². The predicted molar refractivity (Wildman–Crippen MR) is 113 cm³/mol. The predicted octanol–water partition coefficient (Wildman–Crippen LogP) is 3.94. The van der Waals surface area contributed by atoms with Gasteiger partial charge in [0.1, 0.15) is 5.75 Å². The monoisotopic (exact) mass is 396 g/mol. The van der Waals surface area contributed by atoms with Crippen LogP contribution in [-0.2, 0) is 14.3 Å². The van der Waals surface area contributed by atoms with Crippen molar-refractivity contribution < 1.29 is 19.1 Å². The molecule has 3 rings (SSSR count). The minimum absolute atomic E-state index is 0.0894. The van der Waals surface area contributed by atoms with Gasteiger partial charge in [0.15, 0.2) is 6.61 Å². The average molecular weight is 396 g/mol. The number of esters is 1. The fourth-order valence-corrected chi connectivity index (χ4v) is 3.29. The van der Waals surface area contributed by atoms with Gasteiger partial charge < -0.3 is 19.7 Å². The van der Waals surface area contributed by atoms with Crippen molar-refractivity contribution in [1.29, 1.82) is 0 Å². The number of ether oxygens (including phenoxy) is 2. The second kappa shape index (κ2) is 10.5. The molecule has 1 fully saturated rings. The molecule has 29 heavy (non-hydrogen) atoms. The van der Waals surface area contributed by atoms with Crippen LogP contribution in [0.25, 0.3) is 0 Å². The van der Waals surface area contributed by atoms with Gasteiger partial charge in [0.2, 0.25) is 0 Å². The van der Waals surface area contributed by atoms with Crippen LogP contribution in [0.5, 0.6) is 5.75 Å². The van der Waals surface area contributed by atoms with Gasteiger partial charge in [-0.3, -0.25) is 9.59 Å². The lowest BCUT2D eigenvalue weighted by Gasteiger charge is -2.28. The Hall–Kier alpha value is -3.02. The van der Waals surface area contributed by atoms with E-state index in [1.54, 1.807) is 0 Å². The Labute approximate surface area is 171 Å². The number of nitrogens with zero attached hydrogens (tertiary/aromatic N) is 1. The highest BCUT2D eigenvalue weighted by Gasteiger charge is 2.12. The lowest BCUT2D eigenvalue weighted by molar-refractivity contribution is -0.147. The van der Waals surface area contributed by atoms with Crippen LogP contribution < -0.4 is 15.0 Å². The van der Waals surface area contributed by atoms with E-state index in [1.807, 2.05) is 55.5 Å². The number of carbonyl (C=O) groups is 2. The molecule has 0 spiro atoms. The van der Waals surface area contributed by atoms with Gasteiger partial charge in [-0.2, -0.15) is 0 Å². The van der Waals surface area contributed by atoms with E-state index < -0.39 is 5.97 Å². The van der Waals surface area contributed by atoms with E-state index in [4.69, 9.17) is 9.47 Å². The Morgan fingerprint density at radius 2 is 1.72 bits per heavy atom. The summed E-state index contributed by atoms with van der Waals surface area (Å²) in [5.41, 5.74) is 2.86. The van der Waals surface area contributed by atoms with Gasteiger partial charge in [-0.15, -0.1) is 0 Å². The zero-order chi connectivity index (χ0) is 20.5. The molecule has 0 aliphatic carbocycles. The van der Waals surface area contributed by atoms with Crippen LogP contribution in [0.15, 0.2) is 48.5 Å². The van der Waals surface area contributed by atoms with E-state index in [0.717, 1.165) is 24.4 Å². The molecule has 2 aromatic rings. The summed E-state index contributed by atoms with van der Waals surface area (Å²) in [6.45, 7) is 4.00. The van der Waals surface area contributed by atoms with Crippen LogP contribution in [0.4, 0.5) is 11.4 Å². The largest absolute Gasteiger partial charge is 0.493 e. The summed E-state index contributed by atoms with van der Waals surface area (Å²) in [5.74, 6) is -0.0795. The Kier molecular flexibility index (Phi) is 7.50. The Morgan fingerprint density at radius 1 is 1.00 bits per heavy atom. The lowest BCUT2D eigenvalue weighted by atomic mass is 10.1. The summed E-state index contributed by atoms with van der Waals surface area (Å²) in [6.07, 6.45) is 3.83. The summed E-state index contributed by atoms with van der Waals surface area (Å²) in [6, 6.07) is 15.4. The minimum atomic E-state index is -0.464.